The number of amides is 2. The average molecular weight is 388 g/mol. The minimum absolute atomic E-state index is 0.0751. The highest BCUT2D eigenvalue weighted by Crippen LogP contribution is 2.16. The van der Waals surface area contributed by atoms with Crippen molar-refractivity contribution in [2.24, 2.45) is 0 Å². The van der Waals surface area contributed by atoms with E-state index < -0.39 is 0 Å². The third kappa shape index (κ3) is 5.77. The Morgan fingerprint density at radius 3 is 2.67 bits per heavy atom. The van der Waals surface area contributed by atoms with E-state index in [1.54, 1.807) is 17.6 Å². The second kappa shape index (κ2) is 9.48. The number of hydrogen-bond acceptors (Lipinski definition) is 6. The third-order valence-electron chi connectivity index (χ3n) is 4.51. The van der Waals surface area contributed by atoms with Gasteiger partial charge in [0.15, 0.2) is 0 Å². The van der Waals surface area contributed by atoms with Crippen LogP contribution in [0.25, 0.3) is 0 Å². The highest BCUT2D eigenvalue weighted by atomic mass is 32.1. The monoisotopic (exact) mass is 387 g/mol. The van der Waals surface area contributed by atoms with Crippen LogP contribution < -0.4 is 15.5 Å². The summed E-state index contributed by atoms with van der Waals surface area (Å²) in [5.74, 6) is 0.770. The molecule has 27 heavy (non-hydrogen) atoms. The maximum Gasteiger partial charge on any atom is 0.252 e. The van der Waals surface area contributed by atoms with Crippen LogP contribution in [0.1, 0.15) is 23.2 Å². The topological polar surface area (TPSA) is 77.6 Å². The number of thiophene rings is 1. The molecule has 1 aliphatic rings. The van der Waals surface area contributed by atoms with E-state index in [0.29, 0.717) is 30.6 Å². The van der Waals surface area contributed by atoms with E-state index in [-0.39, 0.29) is 11.8 Å². The van der Waals surface area contributed by atoms with Crippen molar-refractivity contribution in [3.8, 4) is 0 Å². The average Bonchev–Trinajstić information content (AvgIpc) is 3.21. The molecule has 1 fully saturated rings. The number of nitrogens with zero attached hydrogens (tertiary/aromatic N) is 3. The maximum absolute atomic E-state index is 12.0. The first-order valence-corrected chi connectivity index (χ1v) is 10.1. The van der Waals surface area contributed by atoms with Crippen LogP contribution in [0, 0.1) is 0 Å². The van der Waals surface area contributed by atoms with Crippen molar-refractivity contribution in [2.45, 2.75) is 12.8 Å². The van der Waals surface area contributed by atoms with Crippen LogP contribution >= 0.6 is 11.3 Å². The fourth-order valence-corrected chi connectivity index (χ4v) is 3.49. The van der Waals surface area contributed by atoms with Gasteiger partial charge in [-0.05, 0) is 37.0 Å². The predicted octanol–water partition coefficient (Wildman–Crippen LogP) is 2.04. The van der Waals surface area contributed by atoms with Crippen molar-refractivity contribution in [3.05, 3.63) is 40.7 Å². The van der Waals surface area contributed by atoms with Crippen LogP contribution in [-0.4, -0.2) is 61.5 Å². The molecule has 0 saturated carbocycles. The van der Waals surface area contributed by atoms with Crippen molar-refractivity contribution < 1.29 is 9.59 Å². The molecule has 0 aromatic carbocycles. The van der Waals surface area contributed by atoms with E-state index in [4.69, 9.17) is 0 Å². The van der Waals surface area contributed by atoms with E-state index in [1.165, 1.54) is 11.3 Å². The fraction of sp³-hybridized carbons (Fsp3) is 0.421. The molecule has 1 aliphatic heterocycles. The molecule has 0 aliphatic carbocycles. The first-order valence-electron chi connectivity index (χ1n) is 9.11. The summed E-state index contributed by atoms with van der Waals surface area (Å²) in [6.07, 6.45) is 2.64. The molecule has 0 bridgehead atoms. The molecule has 3 heterocycles. The number of carbonyl (C=O) groups is 2. The van der Waals surface area contributed by atoms with Gasteiger partial charge in [-0.25, -0.2) is 4.98 Å². The van der Waals surface area contributed by atoms with Gasteiger partial charge in [0.1, 0.15) is 5.82 Å². The van der Waals surface area contributed by atoms with Gasteiger partial charge in [0.2, 0.25) is 5.91 Å². The second-order valence-electron chi connectivity index (χ2n) is 6.62. The smallest absolute Gasteiger partial charge is 0.252 e. The lowest BCUT2D eigenvalue weighted by atomic mass is 10.2. The Bertz CT molecular complexity index is 740. The third-order valence-corrected chi connectivity index (χ3v) is 5.19. The zero-order chi connectivity index (χ0) is 19.1. The number of aromatic nitrogens is 1. The molecule has 7 nitrogen and oxygen atoms in total. The van der Waals surface area contributed by atoms with Crippen LogP contribution in [-0.2, 0) is 4.79 Å². The maximum atomic E-state index is 12.0. The number of likely N-dealkylation sites (N-methyl/N-ethyl adjacent to an activating group) is 1. The normalized spacial score (nSPS) is 14.8. The Kier molecular flexibility index (Phi) is 6.78. The summed E-state index contributed by atoms with van der Waals surface area (Å²) in [5.41, 5.74) is 1.36. The van der Waals surface area contributed by atoms with Gasteiger partial charge in [0.25, 0.3) is 5.91 Å². The molecular weight excluding hydrogens is 362 g/mol. The standard InChI is InChI=1S/C19H25N5O2S/c1-23-8-10-24(11-9-23)17-5-4-16(13-21-17)22-18(25)3-2-7-20-19(26)15-6-12-27-14-15/h4-6,12-14H,2-3,7-11H2,1H3,(H,20,26)(H,22,25). The molecule has 2 amide bonds. The number of rotatable bonds is 7. The van der Waals surface area contributed by atoms with Gasteiger partial charge < -0.3 is 20.4 Å². The molecular formula is C19H25N5O2S. The summed E-state index contributed by atoms with van der Waals surface area (Å²) < 4.78 is 0. The summed E-state index contributed by atoms with van der Waals surface area (Å²) in [4.78, 5) is 32.9. The minimum atomic E-state index is -0.0969. The van der Waals surface area contributed by atoms with Crippen molar-refractivity contribution in [3.63, 3.8) is 0 Å². The highest BCUT2D eigenvalue weighted by molar-refractivity contribution is 7.08. The number of piperazine rings is 1. The van der Waals surface area contributed by atoms with Gasteiger partial charge in [0.05, 0.1) is 11.9 Å². The zero-order valence-corrected chi connectivity index (χ0v) is 16.3. The summed E-state index contributed by atoms with van der Waals surface area (Å²) in [6.45, 7) is 4.47. The number of carbonyl (C=O) groups excluding carboxylic acids is 2. The van der Waals surface area contributed by atoms with Crippen LogP contribution in [0.3, 0.4) is 0 Å². The van der Waals surface area contributed by atoms with Crippen molar-refractivity contribution in [2.75, 3.05) is 50.0 Å². The van der Waals surface area contributed by atoms with Crippen molar-refractivity contribution >= 4 is 34.7 Å². The van der Waals surface area contributed by atoms with Crippen LogP contribution in [0.5, 0.6) is 0 Å². The highest BCUT2D eigenvalue weighted by Gasteiger charge is 2.15. The van der Waals surface area contributed by atoms with Gasteiger partial charge in [-0.3, -0.25) is 9.59 Å². The second-order valence-corrected chi connectivity index (χ2v) is 7.40. The summed E-state index contributed by atoms with van der Waals surface area (Å²) in [7, 11) is 2.12. The molecule has 3 rings (SSSR count). The van der Waals surface area contributed by atoms with Gasteiger partial charge in [-0.1, -0.05) is 0 Å². The van der Waals surface area contributed by atoms with Crippen molar-refractivity contribution in [1.29, 1.82) is 0 Å². The lowest BCUT2D eigenvalue weighted by Gasteiger charge is -2.33. The van der Waals surface area contributed by atoms with E-state index >= 15 is 0 Å². The van der Waals surface area contributed by atoms with E-state index in [2.05, 4.69) is 32.5 Å². The molecule has 144 valence electrons. The Balaban J connectivity index is 1.37. The zero-order valence-electron chi connectivity index (χ0n) is 15.5. The van der Waals surface area contributed by atoms with Crippen LogP contribution in [0.15, 0.2) is 35.2 Å². The Morgan fingerprint density at radius 1 is 1.19 bits per heavy atom. The SMILES string of the molecule is CN1CCN(c2ccc(NC(=O)CCCNC(=O)c3ccsc3)cn2)CC1. The van der Waals surface area contributed by atoms with Gasteiger partial charge in [0, 0.05) is 50.1 Å². The summed E-state index contributed by atoms with van der Waals surface area (Å²) in [6, 6.07) is 5.62. The van der Waals surface area contributed by atoms with Crippen LogP contribution in [0.4, 0.5) is 11.5 Å². The van der Waals surface area contributed by atoms with Crippen LogP contribution in [0.2, 0.25) is 0 Å². The fourth-order valence-electron chi connectivity index (χ4n) is 2.85. The first kappa shape index (κ1) is 19.3. The number of anilines is 2. The lowest BCUT2D eigenvalue weighted by molar-refractivity contribution is -0.116. The van der Waals surface area contributed by atoms with E-state index in [1.807, 2.05) is 17.5 Å². The van der Waals surface area contributed by atoms with Gasteiger partial charge in [-0.2, -0.15) is 11.3 Å². The number of hydrogen-bond donors (Lipinski definition) is 2. The quantitative estimate of drug-likeness (QED) is 0.711. The minimum Gasteiger partial charge on any atom is -0.354 e. The van der Waals surface area contributed by atoms with E-state index in [9.17, 15) is 9.59 Å². The summed E-state index contributed by atoms with van der Waals surface area (Å²) >= 11 is 1.49. The molecule has 8 heteroatoms. The molecule has 2 aromatic rings. The molecule has 0 atom stereocenters. The first-order chi connectivity index (χ1) is 13.1. The number of pyridine rings is 1. The molecule has 2 N–H and O–H groups in total. The van der Waals surface area contributed by atoms with Gasteiger partial charge >= 0.3 is 0 Å². The Labute approximate surface area is 163 Å². The number of nitrogens with one attached hydrogen (secondary N) is 2. The Hall–Kier alpha value is -2.45. The molecule has 0 spiro atoms. The Morgan fingerprint density at radius 2 is 2.00 bits per heavy atom. The molecule has 1 saturated heterocycles. The predicted molar refractivity (Wildman–Crippen MR) is 108 cm³/mol. The van der Waals surface area contributed by atoms with Gasteiger partial charge in [-0.15, -0.1) is 0 Å². The molecule has 0 radical (unpaired) electrons. The van der Waals surface area contributed by atoms with E-state index in [0.717, 1.165) is 32.0 Å². The summed E-state index contributed by atoms with van der Waals surface area (Å²) in [5, 5.41) is 9.35. The lowest BCUT2D eigenvalue weighted by Crippen LogP contribution is -2.44. The molecule has 0 unspecified atom stereocenters. The molecule has 2 aromatic heterocycles. The largest absolute Gasteiger partial charge is 0.354 e. The van der Waals surface area contributed by atoms with Crippen molar-refractivity contribution in [1.82, 2.24) is 15.2 Å².